The van der Waals surface area contributed by atoms with E-state index in [1.54, 1.807) is 0 Å². The summed E-state index contributed by atoms with van der Waals surface area (Å²) < 4.78 is 0. The molecule has 0 saturated carbocycles. The third kappa shape index (κ3) is 1.83. The van der Waals surface area contributed by atoms with Crippen LogP contribution in [0.15, 0.2) is 24.4 Å². The van der Waals surface area contributed by atoms with Crippen molar-refractivity contribution in [1.82, 2.24) is 4.98 Å². The Morgan fingerprint density at radius 1 is 1.23 bits per heavy atom. The van der Waals surface area contributed by atoms with Crippen molar-refractivity contribution in [3.63, 3.8) is 0 Å². The number of hydrogen-bond acceptors (Lipinski definition) is 1. The Hall–Kier alpha value is -1.02. The zero-order chi connectivity index (χ0) is 9.26. The third-order valence-electron chi connectivity index (χ3n) is 2.23. The van der Waals surface area contributed by atoms with Crippen molar-refractivity contribution in [3.8, 4) is 0 Å². The van der Waals surface area contributed by atoms with Gasteiger partial charge >= 0.3 is 0 Å². The van der Waals surface area contributed by atoms with E-state index in [1.807, 2.05) is 17.5 Å². The summed E-state index contributed by atoms with van der Waals surface area (Å²) in [6, 6.07) is 6.55. The van der Waals surface area contributed by atoms with Gasteiger partial charge in [-0.2, -0.15) is 0 Å². The highest BCUT2D eigenvalue weighted by Gasteiger charge is 2.02. The molecule has 0 unspecified atom stereocenters. The Balaban J connectivity index is 2.19. The molecule has 0 aliphatic rings. The molecule has 2 heterocycles. The summed E-state index contributed by atoms with van der Waals surface area (Å²) in [4.78, 5) is 6.04. The molecule has 0 amide bonds. The molecule has 2 aromatic heterocycles. The molecule has 1 nitrogen and oxygen atoms in total. The molecular weight excluding hydrogens is 178 g/mol. The molecule has 0 fully saturated rings. The monoisotopic (exact) mass is 191 g/mol. The van der Waals surface area contributed by atoms with Crippen LogP contribution in [0.3, 0.4) is 0 Å². The fourth-order valence-corrected chi connectivity index (χ4v) is 2.36. The van der Waals surface area contributed by atoms with Crippen molar-refractivity contribution in [3.05, 3.63) is 45.4 Å². The maximum absolute atomic E-state index is 3.20. The minimum Gasteiger partial charge on any atom is -0.365 e. The van der Waals surface area contributed by atoms with E-state index in [4.69, 9.17) is 0 Å². The summed E-state index contributed by atoms with van der Waals surface area (Å²) >= 11 is 1.88. The van der Waals surface area contributed by atoms with Gasteiger partial charge in [0, 0.05) is 28.1 Å². The minimum absolute atomic E-state index is 1.06. The molecule has 0 aliphatic carbocycles. The number of H-pyrrole nitrogens is 1. The van der Waals surface area contributed by atoms with Gasteiger partial charge in [0.25, 0.3) is 0 Å². The summed E-state index contributed by atoms with van der Waals surface area (Å²) in [5, 5.41) is 0. The highest BCUT2D eigenvalue weighted by Crippen LogP contribution is 2.20. The first-order valence-corrected chi connectivity index (χ1v) is 5.25. The zero-order valence-electron chi connectivity index (χ0n) is 7.92. The highest BCUT2D eigenvalue weighted by molar-refractivity contribution is 7.11. The summed E-state index contributed by atoms with van der Waals surface area (Å²) in [6.07, 6.45) is 3.07. The average molecular weight is 191 g/mol. The highest BCUT2D eigenvalue weighted by atomic mass is 32.1. The van der Waals surface area contributed by atoms with Crippen LogP contribution in [-0.2, 0) is 6.42 Å². The SMILES string of the molecule is Cc1ccc(Cc2cc[nH]c2C)s1. The molecular formula is C11H13NS. The average Bonchev–Trinajstić information content (AvgIpc) is 2.64. The molecule has 0 atom stereocenters. The fourth-order valence-electron chi connectivity index (χ4n) is 1.44. The van der Waals surface area contributed by atoms with Crippen LogP contribution in [-0.4, -0.2) is 4.98 Å². The van der Waals surface area contributed by atoms with Crippen LogP contribution in [0.4, 0.5) is 0 Å². The van der Waals surface area contributed by atoms with Crippen LogP contribution in [0.25, 0.3) is 0 Å². The Morgan fingerprint density at radius 3 is 2.62 bits per heavy atom. The first-order chi connectivity index (χ1) is 6.25. The number of aromatic nitrogens is 1. The van der Waals surface area contributed by atoms with Crippen molar-refractivity contribution in [2.24, 2.45) is 0 Å². The largest absolute Gasteiger partial charge is 0.365 e. The molecule has 0 spiro atoms. The van der Waals surface area contributed by atoms with Crippen molar-refractivity contribution in [2.75, 3.05) is 0 Å². The molecule has 13 heavy (non-hydrogen) atoms. The summed E-state index contributed by atoms with van der Waals surface area (Å²) in [7, 11) is 0. The van der Waals surface area contributed by atoms with E-state index in [0.29, 0.717) is 0 Å². The predicted molar refractivity (Wildman–Crippen MR) is 57.4 cm³/mol. The summed E-state index contributed by atoms with van der Waals surface area (Å²) in [6.45, 7) is 4.27. The molecule has 2 aromatic rings. The van der Waals surface area contributed by atoms with E-state index in [-0.39, 0.29) is 0 Å². The van der Waals surface area contributed by atoms with Gasteiger partial charge in [0.05, 0.1) is 0 Å². The summed E-state index contributed by atoms with van der Waals surface area (Å²) in [5.74, 6) is 0. The van der Waals surface area contributed by atoms with Gasteiger partial charge in [-0.3, -0.25) is 0 Å². The number of aromatic amines is 1. The summed E-state index contributed by atoms with van der Waals surface area (Å²) in [5.41, 5.74) is 2.69. The number of aryl methyl sites for hydroxylation is 2. The van der Waals surface area contributed by atoms with E-state index < -0.39 is 0 Å². The van der Waals surface area contributed by atoms with Crippen molar-refractivity contribution < 1.29 is 0 Å². The molecule has 0 saturated heterocycles. The zero-order valence-corrected chi connectivity index (χ0v) is 8.74. The lowest BCUT2D eigenvalue weighted by Crippen LogP contribution is -1.84. The Kier molecular flexibility index (Phi) is 2.23. The molecule has 0 radical (unpaired) electrons. The lowest BCUT2D eigenvalue weighted by molar-refractivity contribution is 1.16. The number of hydrogen-bond donors (Lipinski definition) is 1. The van der Waals surface area contributed by atoms with E-state index >= 15 is 0 Å². The Morgan fingerprint density at radius 2 is 2.08 bits per heavy atom. The predicted octanol–water partition coefficient (Wildman–Crippen LogP) is 3.28. The number of nitrogens with one attached hydrogen (secondary N) is 1. The van der Waals surface area contributed by atoms with E-state index in [9.17, 15) is 0 Å². The van der Waals surface area contributed by atoms with Gasteiger partial charge < -0.3 is 4.98 Å². The van der Waals surface area contributed by atoms with Crippen LogP contribution >= 0.6 is 11.3 Å². The second-order valence-electron chi connectivity index (χ2n) is 3.32. The molecule has 0 bridgehead atoms. The minimum atomic E-state index is 1.06. The van der Waals surface area contributed by atoms with Crippen LogP contribution < -0.4 is 0 Å². The normalized spacial score (nSPS) is 10.6. The van der Waals surface area contributed by atoms with Crippen LogP contribution in [0.2, 0.25) is 0 Å². The van der Waals surface area contributed by atoms with E-state index in [0.717, 1.165) is 6.42 Å². The van der Waals surface area contributed by atoms with Gasteiger partial charge in [0.1, 0.15) is 0 Å². The van der Waals surface area contributed by atoms with E-state index in [1.165, 1.54) is 21.0 Å². The van der Waals surface area contributed by atoms with Crippen LogP contribution in [0, 0.1) is 13.8 Å². The number of rotatable bonds is 2. The molecule has 68 valence electrons. The molecule has 0 aromatic carbocycles. The molecule has 2 rings (SSSR count). The van der Waals surface area contributed by atoms with Crippen LogP contribution in [0.1, 0.15) is 21.0 Å². The van der Waals surface area contributed by atoms with Crippen molar-refractivity contribution in [2.45, 2.75) is 20.3 Å². The maximum atomic E-state index is 3.20. The maximum Gasteiger partial charge on any atom is 0.0151 e. The van der Waals surface area contributed by atoms with Gasteiger partial charge in [0.15, 0.2) is 0 Å². The van der Waals surface area contributed by atoms with Gasteiger partial charge in [-0.15, -0.1) is 11.3 Å². The van der Waals surface area contributed by atoms with Crippen LogP contribution in [0.5, 0.6) is 0 Å². The van der Waals surface area contributed by atoms with Crippen molar-refractivity contribution >= 4 is 11.3 Å². The standard InChI is InChI=1S/C11H13NS/c1-8-3-4-11(13-8)7-10-5-6-12-9(10)2/h3-6,12H,7H2,1-2H3. The fraction of sp³-hybridized carbons (Fsp3) is 0.273. The molecule has 1 N–H and O–H groups in total. The topological polar surface area (TPSA) is 15.8 Å². The second-order valence-corrected chi connectivity index (χ2v) is 4.69. The second kappa shape index (κ2) is 3.38. The lowest BCUT2D eigenvalue weighted by Gasteiger charge is -1.95. The Bertz CT molecular complexity index is 398. The first-order valence-electron chi connectivity index (χ1n) is 4.44. The number of thiophene rings is 1. The Labute approximate surface area is 82.4 Å². The third-order valence-corrected chi connectivity index (χ3v) is 3.23. The smallest absolute Gasteiger partial charge is 0.0151 e. The molecule has 2 heteroatoms. The first kappa shape index (κ1) is 8.57. The van der Waals surface area contributed by atoms with Gasteiger partial charge in [-0.05, 0) is 37.6 Å². The van der Waals surface area contributed by atoms with Gasteiger partial charge in [-0.1, -0.05) is 0 Å². The van der Waals surface area contributed by atoms with Crippen molar-refractivity contribution in [1.29, 1.82) is 0 Å². The molecule has 0 aliphatic heterocycles. The van der Waals surface area contributed by atoms with Gasteiger partial charge in [-0.25, -0.2) is 0 Å². The van der Waals surface area contributed by atoms with E-state index in [2.05, 4.69) is 37.0 Å². The van der Waals surface area contributed by atoms with Gasteiger partial charge in [0.2, 0.25) is 0 Å². The lowest BCUT2D eigenvalue weighted by atomic mass is 10.1. The quantitative estimate of drug-likeness (QED) is 0.749.